The lowest BCUT2D eigenvalue weighted by Crippen LogP contribution is -2.30. The average molecular weight is 469 g/mol. The Hall–Kier alpha value is -3.39. The van der Waals surface area contributed by atoms with Crippen LogP contribution < -0.4 is 14.4 Å². The molecule has 0 fully saturated rings. The monoisotopic (exact) mass is 468 g/mol. The zero-order chi connectivity index (χ0) is 23.3. The molecule has 3 aromatic rings. The van der Waals surface area contributed by atoms with Gasteiger partial charge in [-0.2, -0.15) is 0 Å². The van der Waals surface area contributed by atoms with Gasteiger partial charge in [-0.15, -0.1) is 0 Å². The van der Waals surface area contributed by atoms with Crippen LogP contribution in [-0.2, 0) is 16.4 Å². The van der Waals surface area contributed by atoms with Gasteiger partial charge in [0.15, 0.2) is 0 Å². The normalized spacial score (nSPS) is 12.9. The second kappa shape index (κ2) is 10.0. The molecule has 0 saturated carbocycles. The molecule has 1 aliphatic heterocycles. The number of halogens is 1. The Bertz CT molecular complexity index is 1230. The fraction of sp³-hybridized carbons (Fsp3) is 0.240. The molecule has 8 heteroatoms. The number of para-hydroxylation sites is 1. The number of fused-ring (bicyclic) bond motifs is 1. The molecule has 1 aliphatic rings. The van der Waals surface area contributed by atoms with Crippen LogP contribution in [0.5, 0.6) is 5.75 Å². The maximum atomic E-state index is 13.2. The van der Waals surface area contributed by atoms with Crippen molar-refractivity contribution in [3.63, 3.8) is 0 Å². The summed E-state index contributed by atoms with van der Waals surface area (Å²) in [5.41, 5.74) is 1.99. The number of nitrogens with zero attached hydrogens (tertiary/aromatic N) is 1. The Labute approximate surface area is 193 Å². The highest BCUT2D eigenvalue weighted by atomic mass is 32.2. The van der Waals surface area contributed by atoms with Gasteiger partial charge in [0.25, 0.3) is 15.9 Å². The largest absolute Gasteiger partial charge is 0.494 e. The summed E-state index contributed by atoms with van der Waals surface area (Å²) in [5.74, 6) is -0.0420. The summed E-state index contributed by atoms with van der Waals surface area (Å²) >= 11 is 0. The number of ether oxygens (including phenoxy) is 1. The number of benzene rings is 3. The van der Waals surface area contributed by atoms with Gasteiger partial charge in [0.05, 0.1) is 17.2 Å². The van der Waals surface area contributed by atoms with E-state index in [2.05, 4.69) is 5.32 Å². The van der Waals surface area contributed by atoms with Crippen LogP contribution in [0.15, 0.2) is 77.7 Å². The lowest BCUT2D eigenvalue weighted by molar-refractivity contribution is 0.0952. The smallest absolute Gasteiger partial charge is 0.264 e. The van der Waals surface area contributed by atoms with E-state index in [1.165, 1.54) is 28.6 Å². The molecular weight excluding hydrogens is 443 g/mol. The number of hydrogen-bond acceptors (Lipinski definition) is 4. The van der Waals surface area contributed by atoms with Crippen molar-refractivity contribution in [3.05, 3.63) is 89.7 Å². The van der Waals surface area contributed by atoms with Crippen LogP contribution in [0.25, 0.3) is 0 Å². The number of sulfonamides is 1. The summed E-state index contributed by atoms with van der Waals surface area (Å²) in [4.78, 5) is 12.6. The van der Waals surface area contributed by atoms with Crippen LogP contribution >= 0.6 is 0 Å². The van der Waals surface area contributed by atoms with E-state index >= 15 is 0 Å². The Morgan fingerprint density at radius 3 is 2.61 bits per heavy atom. The molecule has 0 aromatic heterocycles. The molecule has 1 heterocycles. The molecule has 1 amide bonds. The molecule has 0 spiro atoms. The number of anilines is 1. The Balaban J connectivity index is 1.30. The maximum absolute atomic E-state index is 13.2. The third kappa shape index (κ3) is 5.34. The molecule has 0 unspecified atom stereocenters. The van der Waals surface area contributed by atoms with E-state index in [1.807, 2.05) is 18.2 Å². The minimum atomic E-state index is -3.76. The second-order valence-electron chi connectivity index (χ2n) is 7.75. The van der Waals surface area contributed by atoms with Crippen molar-refractivity contribution >= 4 is 21.6 Å². The standard InChI is InChI=1S/C25H25FN2O4S/c26-21-10-12-22(13-11-21)32-17-4-3-15-27-25(29)20-7-5-8-23(18-20)33(30,31)28-16-14-19-6-1-2-9-24(19)28/h1-2,5-13,18H,3-4,14-17H2,(H,27,29). The van der Waals surface area contributed by atoms with Crippen molar-refractivity contribution in [2.24, 2.45) is 0 Å². The molecule has 3 aromatic carbocycles. The first-order valence-electron chi connectivity index (χ1n) is 10.8. The number of carbonyl (C=O) groups is 1. The summed E-state index contributed by atoms with van der Waals surface area (Å²) in [6.45, 7) is 1.27. The fourth-order valence-corrected chi connectivity index (χ4v) is 5.28. The van der Waals surface area contributed by atoms with Gasteiger partial charge in [-0.3, -0.25) is 9.10 Å². The highest BCUT2D eigenvalue weighted by Crippen LogP contribution is 2.32. The van der Waals surface area contributed by atoms with Crippen LogP contribution in [-0.4, -0.2) is 34.0 Å². The summed E-state index contributed by atoms with van der Waals surface area (Å²) in [7, 11) is -3.76. The molecule has 4 rings (SSSR count). The summed E-state index contributed by atoms with van der Waals surface area (Å²) in [6, 6.07) is 19.4. The van der Waals surface area contributed by atoms with E-state index in [0.29, 0.717) is 56.0 Å². The van der Waals surface area contributed by atoms with Gasteiger partial charge < -0.3 is 10.1 Å². The van der Waals surface area contributed by atoms with E-state index in [0.717, 1.165) is 5.56 Å². The zero-order valence-corrected chi connectivity index (χ0v) is 18.9. The number of rotatable bonds is 9. The van der Waals surface area contributed by atoms with Crippen molar-refractivity contribution < 1.29 is 22.3 Å². The summed E-state index contributed by atoms with van der Waals surface area (Å²) in [5, 5.41) is 2.82. The Kier molecular flexibility index (Phi) is 6.93. The molecule has 33 heavy (non-hydrogen) atoms. The number of unbranched alkanes of at least 4 members (excludes halogenated alkanes) is 1. The first-order chi connectivity index (χ1) is 15.9. The van der Waals surface area contributed by atoms with Crippen molar-refractivity contribution in [2.75, 3.05) is 24.0 Å². The summed E-state index contributed by atoms with van der Waals surface area (Å²) in [6.07, 6.45) is 2.07. The third-order valence-corrected chi connectivity index (χ3v) is 7.28. The molecule has 0 aliphatic carbocycles. The number of hydrogen-bond donors (Lipinski definition) is 1. The van der Waals surface area contributed by atoms with E-state index in [1.54, 1.807) is 30.3 Å². The van der Waals surface area contributed by atoms with Crippen LogP contribution in [0.3, 0.4) is 0 Å². The van der Waals surface area contributed by atoms with Gasteiger partial charge in [-0.05, 0) is 73.4 Å². The molecular formula is C25H25FN2O4S. The topological polar surface area (TPSA) is 75.7 Å². The van der Waals surface area contributed by atoms with Crippen molar-refractivity contribution in [1.29, 1.82) is 0 Å². The minimum absolute atomic E-state index is 0.0968. The van der Waals surface area contributed by atoms with Gasteiger partial charge in [-0.25, -0.2) is 12.8 Å². The molecule has 0 saturated heterocycles. The van der Waals surface area contributed by atoms with Crippen LogP contribution in [0.1, 0.15) is 28.8 Å². The van der Waals surface area contributed by atoms with Crippen molar-refractivity contribution in [1.82, 2.24) is 5.32 Å². The lowest BCUT2D eigenvalue weighted by atomic mass is 10.2. The van der Waals surface area contributed by atoms with Crippen LogP contribution in [0.2, 0.25) is 0 Å². The van der Waals surface area contributed by atoms with Crippen molar-refractivity contribution in [2.45, 2.75) is 24.2 Å². The highest BCUT2D eigenvalue weighted by Gasteiger charge is 2.30. The van der Waals surface area contributed by atoms with Gasteiger partial charge in [-0.1, -0.05) is 24.3 Å². The molecule has 0 radical (unpaired) electrons. The Morgan fingerprint density at radius 2 is 1.79 bits per heavy atom. The van der Waals surface area contributed by atoms with Gasteiger partial charge >= 0.3 is 0 Å². The lowest BCUT2D eigenvalue weighted by Gasteiger charge is -2.20. The van der Waals surface area contributed by atoms with Gasteiger partial charge in [0.1, 0.15) is 11.6 Å². The quantitative estimate of drug-likeness (QED) is 0.479. The zero-order valence-electron chi connectivity index (χ0n) is 18.0. The first-order valence-corrected chi connectivity index (χ1v) is 12.3. The minimum Gasteiger partial charge on any atom is -0.494 e. The van der Waals surface area contributed by atoms with E-state index in [4.69, 9.17) is 4.74 Å². The fourth-order valence-electron chi connectivity index (χ4n) is 3.73. The molecule has 0 bridgehead atoms. The number of amides is 1. The number of carbonyl (C=O) groups excluding carboxylic acids is 1. The molecule has 0 atom stereocenters. The SMILES string of the molecule is O=C(NCCCCOc1ccc(F)cc1)c1cccc(S(=O)(=O)N2CCc3ccccc32)c1. The first kappa shape index (κ1) is 22.8. The average Bonchev–Trinajstić information content (AvgIpc) is 3.27. The number of nitrogens with one attached hydrogen (secondary N) is 1. The van der Waals surface area contributed by atoms with Crippen LogP contribution in [0, 0.1) is 5.82 Å². The van der Waals surface area contributed by atoms with E-state index < -0.39 is 10.0 Å². The highest BCUT2D eigenvalue weighted by molar-refractivity contribution is 7.92. The molecule has 6 nitrogen and oxygen atoms in total. The predicted octanol–water partition coefficient (Wildman–Crippen LogP) is 4.17. The van der Waals surface area contributed by atoms with Gasteiger partial charge in [0.2, 0.25) is 0 Å². The molecule has 172 valence electrons. The van der Waals surface area contributed by atoms with E-state index in [-0.39, 0.29) is 16.6 Å². The van der Waals surface area contributed by atoms with Crippen LogP contribution in [0.4, 0.5) is 10.1 Å². The maximum Gasteiger partial charge on any atom is 0.264 e. The van der Waals surface area contributed by atoms with E-state index in [9.17, 15) is 17.6 Å². The van der Waals surface area contributed by atoms with Gasteiger partial charge in [0, 0.05) is 18.7 Å². The molecule has 1 N–H and O–H groups in total. The summed E-state index contributed by atoms with van der Waals surface area (Å²) < 4.78 is 46.2. The Morgan fingerprint density at radius 1 is 1.00 bits per heavy atom. The third-order valence-electron chi connectivity index (χ3n) is 5.47. The predicted molar refractivity (Wildman–Crippen MR) is 125 cm³/mol. The second-order valence-corrected chi connectivity index (χ2v) is 9.61. The van der Waals surface area contributed by atoms with Crippen molar-refractivity contribution in [3.8, 4) is 5.75 Å².